The molecular formula is C22H17ClN2O5. The smallest absolute Gasteiger partial charge is 0.276 e. The van der Waals surface area contributed by atoms with Gasteiger partial charge in [-0.3, -0.25) is 14.8 Å². The van der Waals surface area contributed by atoms with E-state index in [0.717, 1.165) is 5.56 Å². The standard InChI is InChI=1S/C22H17ClN2O5/c23-17-12-14(8-9-15(17)22(27)25-28)29-11-10-13-4-3-7-19-20(13)24-21(26)16-5-1-2-6-18(16)30-19/h1-9,12,28H,10-11H2,(H,24,26)(H,25,27). The van der Waals surface area contributed by atoms with Crippen LogP contribution in [0.1, 0.15) is 26.3 Å². The molecule has 3 aromatic rings. The van der Waals surface area contributed by atoms with Crippen LogP contribution in [0.25, 0.3) is 0 Å². The first kappa shape index (κ1) is 19.8. The topological polar surface area (TPSA) is 96.9 Å². The predicted molar refractivity (Wildman–Crippen MR) is 111 cm³/mol. The lowest BCUT2D eigenvalue weighted by molar-refractivity contribution is 0.0706. The Morgan fingerprint density at radius 3 is 2.70 bits per heavy atom. The van der Waals surface area contributed by atoms with Crippen molar-refractivity contribution in [2.24, 2.45) is 0 Å². The normalized spacial score (nSPS) is 12.0. The van der Waals surface area contributed by atoms with E-state index < -0.39 is 5.91 Å². The van der Waals surface area contributed by atoms with Crippen molar-refractivity contribution in [2.45, 2.75) is 6.42 Å². The SMILES string of the molecule is O=C(NO)c1ccc(OCCc2cccc3c2NC(=O)c2ccccc2O3)cc1Cl. The van der Waals surface area contributed by atoms with Gasteiger partial charge in [-0.25, -0.2) is 5.48 Å². The minimum Gasteiger partial charge on any atom is -0.493 e. The Hall–Kier alpha value is -3.55. The van der Waals surface area contributed by atoms with Crippen molar-refractivity contribution < 1.29 is 24.3 Å². The number of halogens is 1. The fourth-order valence-corrected chi connectivity index (χ4v) is 3.42. The monoisotopic (exact) mass is 424 g/mol. The van der Waals surface area contributed by atoms with E-state index in [9.17, 15) is 9.59 Å². The van der Waals surface area contributed by atoms with Gasteiger partial charge >= 0.3 is 0 Å². The highest BCUT2D eigenvalue weighted by atomic mass is 35.5. The first-order valence-electron chi connectivity index (χ1n) is 9.13. The molecule has 0 unspecified atom stereocenters. The maximum Gasteiger partial charge on any atom is 0.276 e. The molecule has 0 aromatic heterocycles. The van der Waals surface area contributed by atoms with Crippen LogP contribution in [0.15, 0.2) is 60.7 Å². The van der Waals surface area contributed by atoms with Crippen LogP contribution in [0.5, 0.6) is 17.2 Å². The molecule has 0 saturated heterocycles. The Labute approximate surface area is 177 Å². The fourth-order valence-electron chi connectivity index (χ4n) is 3.16. The Kier molecular flexibility index (Phi) is 5.56. The molecule has 152 valence electrons. The summed E-state index contributed by atoms with van der Waals surface area (Å²) in [6, 6.07) is 17.2. The lowest BCUT2D eigenvalue weighted by Crippen LogP contribution is -2.18. The molecule has 0 aliphatic carbocycles. The minimum atomic E-state index is -0.699. The van der Waals surface area contributed by atoms with Crippen LogP contribution in [0, 0.1) is 0 Å². The number of hydroxylamine groups is 1. The quantitative estimate of drug-likeness (QED) is 0.415. The highest BCUT2D eigenvalue weighted by molar-refractivity contribution is 6.33. The fraction of sp³-hybridized carbons (Fsp3) is 0.0909. The number of carbonyl (C=O) groups excluding carboxylic acids is 2. The summed E-state index contributed by atoms with van der Waals surface area (Å²) in [4.78, 5) is 24.1. The Morgan fingerprint density at radius 2 is 1.90 bits per heavy atom. The summed E-state index contributed by atoms with van der Waals surface area (Å²) in [6.07, 6.45) is 0.500. The Balaban J connectivity index is 1.48. The molecule has 30 heavy (non-hydrogen) atoms. The first-order valence-corrected chi connectivity index (χ1v) is 9.51. The molecule has 7 nitrogen and oxygen atoms in total. The van der Waals surface area contributed by atoms with Gasteiger partial charge in [0, 0.05) is 6.42 Å². The molecule has 1 heterocycles. The third-order valence-corrected chi connectivity index (χ3v) is 4.94. The number of benzene rings is 3. The first-order chi connectivity index (χ1) is 14.6. The van der Waals surface area contributed by atoms with Crippen LogP contribution in [-0.4, -0.2) is 23.6 Å². The molecule has 3 aromatic carbocycles. The summed E-state index contributed by atoms with van der Waals surface area (Å²) in [5.41, 5.74) is 3.61. The summed E-state index contributed by atoms with van der Waals surface area (Å²) >= 11 is 6.06. The van der Waals surface area contributed by atoms with E-state index in [0.29, 0.717) is 41.5 Å². The second kappa shape index (κ2) is 8.44. The highest BCUT2D eigenvalue weighted by Gasteiger charge is 2.22. The van der Waals surface area contributed by atoms with Gasteiger partial charge < -0.3 is 14.8 Å². The lowest BCUT2D eigenvalue weighted by Gasteiger charge is -2.13. The van der Waals surface area contributed by atoms with Crippen LogP contribution < -0.4 is 20.3 Å². The van der Waals surface area contributed by atoms with E-state index in [-0.39, 0.29) is 16.5 Å². The van der Waals surface area contributed by atoms with Crippen molar-refractivity contribution in [3.05, 3.63) is 82.4 Å². The Morgan fingerprint density at radius 1 is 1.10 bits per heavy atom. The molecule has 0 fully saturated rings. The van der Waals surface area contributed by atoms with Gasteiger partial charge in [0.15, 0.2) is 5.75 Å². The lowest BCUT2D eigenvalue weighted by atomic mass is 10.1. The van der Waals surface area contributed by atoms with Crippen molar-refractivity contribution in [3.8, 4) is 17.2 Å². The molecule has 4 rings (SSSR count). The number of amides is 2. The molecule has 2 amide bonds. The van der Waals surface area contributed by atoms with Crippen LogP contribution in [-0.2, 0) is 6.42 Å². The van der Waals surface area contributed by atoms with E-state index in [2.05, 4.69) is 5.32 Å². The number of para-hydroxylation sites is 2. The van der Waals surface area contributed by atoms with Crippen molar-refractivity contribution in [3.63, 3.8) is 0 Å². The Bertz CT molecular complexity index is 1130. The van der Waals surface area contributed by atoms with Gasteiger partial charge in [0.1, 0.15) is 11.5 Å². The van der Waals surface area contributed by atoms with Crippen molar-refractivity contribution in [1.82, 2.24) is 5.48 Å². The summed E-state index contributed by atoms with van der Waals surface area (Å²) in [7, 11) is 0. The highest BCUT2D eigenvalue weighted by Crippen LogP contribution is 2.37. The number of nitrogens with one attached hydrogen (secondary N) is 2. The number of hydrogen-bond acceptors (Lipinski definition) is 5. The summed E-state index contributed by atoms with van der Waals surface area (Å²) < 4.78 is 11.7. The second-order valence-corrected chi connectivity index (χ2v) is 6.93. The molecule has 1 aliphatic rings. The number of carbonyl (C=O) groups is 2. The van der Waals surface area contributed by atoms with Gasteiger partial charge in [-0.15, -0.1) is 0 Å². The van der Waals surface area contributed by atoms with Crippen LogP contribution in [0.3, 0.4) is 0 Å². The predicted octanol–water partition coefficient (Wildman–Crippen LogP) is 4.44. The zero-order valence-electron chi connectivity index (χ0n) is 15.6. The van der Waals surface area contributed by atoms with Gasteiger partial charge in [0.2, 0.25) is 0 Å². The third-order valence-electron chi connectivity index (χ3n) is 4.63. The van der Waals surface area contributed by atoms with E-state index in [4.69, 9.17) is 26.3 Å². The maximum atomic E-state index is 12.6. The largest absolute Gasteiger partial charge is 0.493 e. The van der Waals surface area contributed by atoms with E-state index in [1.807, 2.05) is 18.2 Å². The summed E-state index contributed by atoms with van der Waals surface area (Å²) in [5.74, 6) is 0.610. The van der Waals surface area contributed by atoms with Crippen LogP contribution in [0.2, 0.25) is 5.02 Å². The van der Waals surface area contributed by atoms with E-state index in [1.165, 1.54) is 12.1 Å². The summed E-state index contributed by atoms with van der Waals surface area (Å²) in [6.45, 7) is 0.307. The zero-order chi connectivity index (χ0) is 21.1. The van der Waals surface area contributed by atoms with Crippen LogP contribution in [0.4, 0.5) is 5.69 Å². The molecule has 1 aliphatic heterocycles. The second-order valence-electron chi connectivity index (χ2n) is 6.52. The molecule has 8 heteroatoms. The van der Waals surface area contributed by atoms with Crippen molar-refractivity contribution in [1.29, 1.82) is 0 Å². The van der Waals surface area contributed by atoms with Crippen molar-refractivity contribution in [2.75, 3.05) is 11.9 Å². The molecule has 0 saturated carbocycles. The molecule has 0 radical (unpaired) electrons. The molecule has 0 spiro atoms. The molecule has 0 bridgehead atoms. The average Bonchev–Trinajstić information content (AvgIpc) is 2.90. The maximum absolute atomic E-state index is 12.6. The molecular weight excluding hydrogens is 408 g/mol. The molecule has 3 N–H and O–H groups in total. The van der Waals surface area contributed by atoms with Gasteiger partial charge in [0.05, 0.1) is 28.4 Å². The zero-order valence-corrected chi connectivity index (χ0v) is 16.4. The number of hydrogen-bond donors (Lipinski definition) is 3. The molecule has 0 atom stereocenters. The number of ether oxygens (including phenoxy) is 2. The van der Waals surface area contributed by atoms with Gasteiger partial charge in [-0.1, -0.05) is 35.9 Å². The number of fused-ring (bicyclic) bond motifs is 2. The number of anilines is 1. The summed E-state index contributed by atoms with van der Waals surface area (Å²) in [5, 5.41) is 11.8. The third kappa shape index (κ3) is 3.94. The van der Waals surface area contributed by atoms with E-state index in [1.54, 1.807) is 35.8 Å². The van der Waals surface area contributed by atoms with Gasteiger partial charge in [-0.05, 0) is 42.0 Å². The average molecular weight is 425 g/mol. The minimum absolute atomic E-state index is 0.138. The van der Waals surface area contributed by atoms with Crippen LogP contribution >= 0.6 is 11.6 Å². The van der Waals surface area contributed by atoms with Crippen molar-refractivity contribution >= 4 is 29.1 Å². The van der Waals surface area contributed by atoms with Gasteiger partial charge in [-0.2, -0.15) is 0 Å². The van der Waals surface area contributed by atoms with Gasteiger partial charge in [0.25, 0.3) is 11.8 Å². The number of rotatable bonds is 5. The van der Waals surface area contributed by atoms with E-state index >= 15 is 0 Å².